The van der Waals surface area contributed by atoms with E-state index in [1.54, 1.807) is 18.4 Å². The minimum Gasteiger partial charge on any atom is -0.497 e. The molecule has 0 bridgehead atoms. The monoisotopic (exact) mass is 320 g/mol. The van der Waals surface area contributed by atoms with E-state index in [-0.39, 0.29) is 0 Å². The maximum atomic E-state index is 5.39. The molecule has 5 heteroatoms. The zero-order valence-electron chi connectivity index (χ0n) is 12.3. The van der Waals surface area contributed by atoms with Gasteiger partial charge in [0.25, 0.3) is 0 Å². The molecule has 1 N–H and O–H groups in total. The number of fused-ring (bicyclic) bond motifs is 1. The van der Waals surface area contributed by atoms with Crippen molar-refractivity contribution in [3.8, 4) is 5.75 Å². The van der Waals surface area contributed by atoms with Gasteiger partial charge >= 0.3 is 0 Å². The molecule has 2 atom stereocenters. The average Bonchev–Trinajstić information content (AvgIpc) is 3.12. The molecule has 0 radical (unpaired) electrons. The van der Waals surface area contributed by atoms with Crippen molar-refractivity contribution in [2.45, 2.75) is 35.4 Å². The second-order valence-electron chi connectivity index (χ2n) is 5.15. The van der Waals surface area contributed by atoms with Crippen LogP contribution >= 0.6 is 23.1 Å². The number of benzene rings is 1. The summed E-state index contributed by atoms with van der Waals surface area (Å²) >= 11 is 3.61. The van der Waals surface area contributed by atoms with Crippen LogP contribution < -0.4 is 10.1 Å². The molecule has 1 aromatic heterocycles. The Morgan fingerprint density at radius 2 is 2.38 bits per heavy atom. The van der Waals surface area contributed by atoms with Crippen LogP contribution in [0, 0.1) is 0 Å². The molecular weight excluding hydrogens is 300 g/mol. The highest BCUT2D eigenvalue weighted by Crippen LogP contribution is 2.43. The lowest BCUT2D eigenvalue weighted by atomic mass is 10.1. The number of hydrogen-bond acceptors (Lipinski definition) is 5. The maximum absolute atomic E-state index is 5.39. The molecule has 1 aliphatic carbocycles. The Bertz CT molecular complexity index is 586. The van der Waals surface area contributed by atoms with Crippen molar-refractivity contribution in [1.29, 1.82) is 0 Å². The molecule has 1 aliphatic rings. The summed E-state index contributed by atoms with van der Waals surface area (Å²) in [5.74, 6) is 0.942. The second kappa shape index (κ2) is 6.81. The molecule has 0 aliphatic heterocycles. The van der Waals surface area contributed by atoms with Crippen molar-refractivity contribution in [3.63, 3.8) is 0 Å². The van der Waals surface area contributed by atoms with Gasteiger partial charge in [-0.3, -0.25) is 0 Å². The summed E-state index contributed by atoms with van der Waals surface area (Å²) in [6, 6.07) is 6.83. The first-order valence-electron chi connectivity index (χ1n) is 7.28. The van der Waals surface area contributed by atoms with Gasteiger partial charge in [0.15, 0.2) is 0 Å². The quantitative estimate of drug-likeness (QED) is 0.875. The molecule has 112 valence electrons. The summed E-state index contributed by atoms with van der Waals surface area (Å²) in [6.45, 7) is 3.24. The SMILES string of the molecule is CCCNC1c2cc(OC)ccc2CC1Sc1nccs1. The number of rotatable bonds is 6. The van der Waals surface area contributed by atoms with Gasteiger partial charge in [-0.05, 0) is 42.6 Å². The van der Waals surface area contributed by atoms with E-state index in [0.29, 0.717) is 11.3 Å². The zero-order valence-corrected chi connectivity index (χ0v) is 14.0. The van der Waals surface area contributed by atoms with Gasteiger partial charge in [-0.25, -0.2) is 4.98 Å². The standard InChI is InChI=1S/C16H20N2OS2/c1-3-6-17-15-13-10-12(19-2)5-4-11(13)9-14(15)21-16-18-7-8-20-16/h4-5,7-8,10,14-15,17H,3,6,9H2,1-2H3. The first-order valence-corrected chi connectivity index (χ1v) is 9.04. The lowest BCUT2D eigenvalue weighted by Crippen LogP contribution is -2.27. The molecule has 0 saturated carbocycles. The molecule has 1 heterocycles. The van der Waals surface area contributed by atoms with Crippen LogP contribution in [0.2, 0.25) is 0 Å². The van der Waals surface area contributed by atoms with Gasteiger partial charge in [0, 0.05) is 22.9 Å². The number of aromatic nitrogens is 1. The van der Waals surface area contributed by atoms with Crippen molar-refractivity contribution in [3.05, 3.63) is 40.9 Å². The number of hydrogen-bond donors (Lipinski definition) is 1. The topological polar surface area (TPSA) is 34.1 Å². The van der Waals surface area contributed by atoms with Crippen molar-refractivity contribution in [2.24, 2.45) is 0 Å². The second-order valence-corrected chi connectivity index (χ2v) is 7.54. The van der Waals surface area contributed by atoms with Crippen LogP contribution in [0.1, 0.15) is 30.5 Å². The Labute approximate surface area is 134 Å². The first kappa shape index (κ1) is 14.9. The van der Waals surface area contributed by atoms with Crippen LogP contribution in [-0.2, 0) is 6.42 Å². The maximum Gasteiger partial charge on any atom is 0.150 e. The predicted molar refractivity (Wildman–Crippen MR) is 89.5 cm³/mol. The van der Waals surface area contributed by atoms with Crippen molar-refractivity contribution < 1.29 is 4.74 Å². The van der Waals surface area contributed by atoms with Gasteiger partial charge < -0.3 is 10.1 Å². The van der Waals surface area contributed by atoms with E-state index in [2.05, 4.69) is 35.4 Å². The lowest BCUT2D eigenvalue weighted by Gasteiger charge is -2.20. The largest absolute Gasteiger partial charge is 0.497 e. The summed E-state index contributed by atoms with van der Waals surface area (Å²) in [6.07, 6.45) is 4.11. The van der Waals surface area contributed by atoms with E-state index in [0.717, 1.165) is 29.5 Å². The molecule has 21 heavy (non-hydrogen) atoms. The van der Waals surface area contributed by atoms with E-state index in [1.807, 2.05) is 23.3 Å². The smallest absolute Gasteiger partial charge is 0.150 e. The minimum atomic E-state index is 0.379. The third kappa shape index (κ3) is 3.25. The highest BCUT2D eigenvalue weighted by atomic mass is 32.2. The van der Waals surface area contributed by atoms with Crippen LogP contribution in [0.5, 0.6) is 5.75 Å². The van der Waals surface area contributed by atoms with E-state index < -0.39 is 0 Å². The molecule has 0 spiro atoms. The van der Waals surface area contributed by atoms with Crippen LogP contribution in [0.15, 0.2) is 34.1 Å². The Morgan fingerprint density at radius 1 is 1.48 bits per heavy atom. The molecule has 0 amide bonds. The normalized spacial score (nSPS) is 20.5. The average molecular weight is 320 g/mol. The molecule has 0 saturated heterocycles. The van der Waals surface area contributed by atoms with E-state index in [9.17, 15) is 0 Å². The first-order chi connectivity index (χ1) is 10.3. The summed E-state index contributed by atoms with van der Waals surface area (Å²) in [5.41, 5.74) is 2.82. The van der Waals surface area contributed by atoms with Gasteiger partial charge in [-0.1, -0.05) is 24.8 Å². The van der Waals surface area contributed by atoms with Crippen LogP contribution in [-0.4, -0.2) is 23.9 Å². The number of thiazole rings is 1. The van der Waals surface area contributed by atoms with E-state index in [4.69, 9.17) is 4.74 Å². The Hall–Kier alpha value is -1.04. The van der Waals surface area contributed by atoms with Crippen LogP contribution in [0.4, 0.5) is 0 Å². The number of thioether (sulfide) groups is 1. The van der Waals surface area contributed by atoms with Crippen molar-refractivity contribution in [2.75, 3.05) is 13.7 Å². The molecule has 2 aromatic rings. The summed E-state index contributed by atoms with van der Waals surface area (Å²) in [5, 5.41) is 6.25. The number of ether oxygens (including phenoxy) is 1. The van der Waals surface area contributed by atoms with E-state index in [1.165, 1.54) is 11.1 Å². The molecular formula is C16H20N2OS2. The predicted octanol–water partition coefficient (Wildman–Crippen LogP) is 3.91. The summed E-state index contributed by atoms with van der Waals surface area (Å²) in [4.78, 5) is 4.42. The fourth-order valence-electron chi connectivity index (χ4n) is 2.76. The highest BCUT2D eigenvalue weighted by Gasteiger charge is 2.33. The summed E-state index contributed by atoms with van der Waals surface area (Å²) in [7, 11) is 1.73. The number of nitrogens with zero attached hydrogens (tertiary/aromatic N) is 1. The lowest BCUT2D eigenvalue weighted by molar-refractivity contribution is 0.413. The third-order valence-corrected chi connectivity index (χ3v) is 5.95. The van der Waals surface area contributed by atoms with Gasteiger partial charge in [-0.15, -0.1) is 11.3 Å². The number of methoxy groups -OCH3 is 1. The van der Waals surface area contributed by atoms with Crippen LogP contribution in [0.3, 0.4) is 0 Å². The van der Waals surface area contributed by atoms with Gasteiger partial charge in [0.2, 0.25) is 0 Å². The molecule has 1 aromatic carbocycles. The summed E-state index contributed by atoms with van der Waals surface area (Å²) < 4.78 is 6.54. The Balaban J connectivity index is 1.84. The van der Waals surface area contributed by atoms with Crippen LogP contribution in [0.25, 0.3) is 0 Å². The molecule has 3 rings (SSSR count). The Kier molecular flexibility index (Phi) is 4.83. The fraction of sp³-hybridized carbons (Fsp3) is 0.438. The zero-order chi connectivity index (χ0) is 14.7. The number of nitrogens with one attached hydrogen (secondary N) is 1. The van der Waals surface area contributed by atoms with Gasteiger partial charge in [0.1, 0.15) is 10.1 Å². The highest BCUT2D eigenvalue weighted by molar-refractivity contribution is 8.01. The fourth-order valence-corrected chi connectivity index (χ4v) is 4.90. The Morgan fingerprint density at radius 3 is 3.10 bits per heavy atom. The molecule has 2 unspecified atom stereocenters. The molecule has 3 nitrogen and oxygen atoms in total. The van der Waals surface area contributed by atoms with Gasteiger partial charge in [-0.2, -0.15) is 0 Å². The van der Waals surface area contributed by atoms with Gasteiger partial charge in [0.05, 0.1) is 7.11 Å². The third-order valence-electron chi connectivity index (χ3n) is 3.76. The van der Waals surface area contributed by atoms with Crippen molar-refractivity contribution in [1.82, 2.24) is 10.3 Å². The van der Waals surface area contributed by atoms with E-state index >= 15 is 0 Å². The molecule has 0 fully saturated rings. The van der Waals surface area contributed by atoms with Crippen molar-refractivity contribution >= 4 is 23.1 Å². The minimum absolute atomic E-state index is 0.379.